The Labute approximate surface area is 97.8 Å². The summed E-state index contributed by atoms with van der Waals surface area (Å²) in [4.78, 5) is 2.50. The molecular weight excluding hydrogens is 200 g/mol. The van der Waals surface area contributed by atoms with Crippen molar-refractivity contribution in [2.45, 2.75) is 38.8 Å². The predicted molar refractivity (Wildman–Crippen MR) is 65.4 cm³/mol. The molecule has 16 heavy (non-hydrogen) atoms. The number of nitrogens with zero attached hydrogens (tertiary/aromatic N) is 1. The highest BCUT2D eigenvalue weighted by Crippen LogP contribution is 2.21. The largest absolute Gasteiger partial charge is 0.468 e. The molecule has 1 aromatic heterocycles. The molecular formula is C13H22N2O. The topological polar surface area (TPSA) is 28.4 Å². The van der Waals surface area contributed by atoms with E-state index in [0.29, 0.717) is 12.1 Å². The highest BCUT2D eigenvalue weighted by atomic mass is 16.3. The van der Waals surface area contributed by atoms with Gasteiger partial charge in [-0.05, 0) is 31.9 Å². The monoisotopic (exact) mass is 222 g/mol. The zero-order valence-electron chi connectivity index (χ0n) is 10.3. The van der Waals surface area contributed by atoms with E-state index >= 15 is 0 Å². The van der Waals surface area contributed by atoms with Crippen LogP contribution in [0, 0.1) is 0 Å². The fourth-order valence-corrected chi connectivity index (χ4v) is 2.39. The van der Waals surface area contributed by atoms with Crippen LogP contribution in [0.5, 0.6) is 0 Å². The Kier molecular flexibility index (Phi) is 4.02. The second-order valence-electron chi connectivity index (χ2n) is 4.58. The molecule has 2 unspecified atom stereocenters. The summed E-state index contributed by atoms with van der Waals surface area (Å²) in [6.45, 7) is 7.84. The van der Waals surface area contributed by atoms with Gasteiger partial charge in [-0.1, -0.05) is 6.92 Å². The minimum Gasteiger partial charge on any atom is -0.468 e. The van der Waals surface area contributed by atoms with Crippen LogP contribution in [-0.4, -0.2) is 30.6 Å². The Bertz CT molecular complexity index is 297. The van der Waals surface area contributed by atoms with Crippen LogP contribution < -0.4 is 5.32 Å². The Morgan fingerprint density at radius 2 is 2.44 bits per heavy atom. The van der Waals surface area contributed by atoms with Crippen molar-refractivity contribution in [3.8, 4) is 0 Å². The van der Waals surface area contributed by atoms with Gasteiger partial charge < -0.3 is 9.73 Å². The lowest BCUT2D eigenvalue weighted by atomic mass is 10.1. The fraction of sp³-hybridized carbons (Fsp3) is 0.692. The molecule has 0 spiro atoms. The third kappa shape index (κ3) is 2.66. The Balaban J connectivity index is 1.94. The van der Waals surface area contributed by atoms with E-state index in [0.717, 1.165) is 25.4 Å². The minimum atomic E-state index is 0.396. The zero-order valence-corrected chi connectivity index (χ0v) is 10.3. The van der Waals surface area contributed by atoms with Gasteiger partial charge in [0.1, 0.15) is 5.76 Å². The van der Waals surface area contributed by atoms with E-state index in [1.165, 1.54) is 12.8 Å². The van der Waals surface area contributed by atoms with E-state index in [4.69, 9.17) is 4.42 Å². The molecule has 0 bridgehead atoms. The molecule has 3 nitrogen and oxygen atoms in total. The van der Waals surface area contributed by atoms with Crippen LogP contribution in [0.25, 0.3) is 0 Å². The van der Waals surface area contributed by atoms with E-state index in [1.807, 2.05) is 6.07 Å². The second kappa shape index (κ2) is 5.51. The van der Waals surface area contributed by atoms with Gasteiger partial charge in [0.25, 0.3) is 0 Å². The van der Waals surface area contributed by atoms with Crippen molar-refractivity contribution in [1.29, 1.82) is 0 Å². The number of nitrogens with one attached hydrogen (secondary N) is 1. The molecule has 1 saturated heterocycles. The molecule has 1 aliphatic heterocycles. The van der Waals surface area contributed by atoms with Crippen LogP contribution in [0.15, 0.2) is 22.8 Å². The van der Waals surface area contributed by atoms with Gasteiger partial charge >= 0.3 is 0 Å². The molecule has 1 N–H and O–H groups in total. The normalized spacial score (nSPS) is 25.2. The Hall–Kier alpha value is -0.800. The van der Waals surface area contributed by atoms with Gasteiger partial charge in [0.15, 0.2) is 0 Å². The number of hydrogen-bond donors (Lipinski definition) is 1. The van der Waals surface area contributed by atoms with Crippen LogP contribution in [0.1, 0.15) is 38.5 Å². The maximum atomic E-state index is 5.48. The van der Waals surface area contributed by atoms with Gasteiger partial charge in [-0.25, -0.2) is 0 Å². The standard InChI is InChI=1S/C13H22N2O/c1-3-12-6-8-15(9-7-14-12)11(2)13-5-4-10-16-13/h4-5,10-12,14H,3,6-9H2,1-2H3. The lowest BCUT2D eigenvalue weighted by Gasteiger charge is -2.25. The molecule has 2 heterocycles. The predicted octanol–water partition coefficient (Wildman–Crippen LogP) is 2.41. The van der Waals surface area contributed by atoms with Gasteiger partial charge in [0.05, 0.1) is 12.3 Å². The maximum Gasteiger partial charge on any atom is 0.120 e. The van der Waals surface area contributed by atoms with Gasteiger partial charge in [0.2, 0.25) is 0 Å². The number of rotatable bonds is 3. The van der Waals surface area contributed by atoms with Crippen LogP contribution in [-0.2, 0) is 0 Å². The van der Waals surface area contributed by atoms with Crippen molar-refractivity contribution >= 4 is 0 Å². The molecule has 2 atom stereocenters. The van der Waals surface area contributed by atoms with Crippen molar-refractivity contribution in [3.63, 3.8) is 0 Å². The van der Waals surface area contributed by atoms with Gasteiger partial charge in [-0.3, -0.25) is 4.90 Å². The van der Waals surface area contributed by atoms with Crippen molar-refractivity contribution in [1.82, 2.24) is 10.2 Å². The quantitative estimate of drug-likeness (QED) is 0.851. The number of hydrogen-bond acceptors (Lipinski definition) is 3. The fourth-order valence-electron chi connectivity index (χ4n) is 2.39. The van der Waals surface area contributed by atoms with Gasteiger partial charge in [-0.15, -0.1) is 0 Å². The summed E-state index contributed by atoms with van der Waals surface area (Å²) in [6.07, 6.45) is 4.22. The molecule has 0 amide bonds. The summed E-state index contributed by atoms with van der Waals surface area (Å²) in [7, 11) is 0. The zero-order chi connectivity index (χ0) is 11.4. The molecule has 90 valence electrons. The summed E-state index contributed by atoms with van der Waals surface area (Å²) in [6, 6.07) is 5.12. The lowest BCUT2D eigenvalue weighted by Crippen LogP contribution is -2.31. The van der Waals surface area contributed by atoms with Crippen LogP contribution in [0.2, 0.25) is 0 Å². The first-order chi connectivity index (χ1) is 7.81. The van der Waals surface area contributed by atoms with E-state index in [9.17, 15) is 0 Å². The first-order valence-electron chi connectivity index (χ1n) is 6.32. The molecule has 0 saturated carbocycles. The summed E-state index contributed by atoms with van der Waals surface area (Å²) in [5.41, 5.74) is 0. The van der Waals surface area contributed by atoms with E-state index in [2.05, 4.69) is 30.1 Å². The van der Waals surface area contributed by atoms with Crippen molar-refractivity contribution in [3.05, 3.63) is 24.2 Å². The summed E-state index contributed by atoms with van der Waals surface area (Å²) < 4.78 is 5.48. The van der Waals surface area contributed by atoms with Gasteiger partial charge in [-0.2, -0.15) is 0 Å². The summed E-state index contributed by atoms with van der Waals surface area (Å²) in [5, 5.41) is 3.59. The molecule has 0 aliphatic carbocycles. The van der Waals surface area contributed by atoms with Crippen LogP contribution >= 0.6 is 0 Å². The molecule has 0 radical (unpaired) electrons. The smallest absolute Gasteiger partial charge is 0.120 e. The van der Waals surface area contributed by atoms with E-state index in [-0.39, 0.29) is 0 Å². The first-order valence-corrected chi connectivity index (χ1v) is 6.32. The molecule has 0 aromatic carbocycles. The highest BCUT2D eigenvalue weighted by Gasteiger charge is 2.21. The van der Waals surface area contributed by atoms with E-state index < -0.39 is 0 Å². The average molecular weight is 222 g/mol. The van der Waals surface area contributed by atoms with Crippen LogP contribution in [0.3, 0.4) is 0 Å². The minimum absolute atomic E-state index is 0.396. The SMILES string of the molecule is CCC1CCN(C(C)c2ccco2)CCN1. The summed E-state index contributed by atoms with van der Waals surface area (Å²) in [5.74, 6) is 1.08. The van der Waals surface area contributed by atoms with Crippen LogP contribution in [0.4, 0.5) is 0 Å². The molecule has 2 rings (SSSR count). The molecule has 3 heteroatoms. The maximum absolute atomic E-state index is 5.48. The Morgan fingerprint density at radius 3 is 3.12 bits per heavy atom. The van der Waals surface area contributed by atoms with Crippen molar-refractivity contribution < 1.29 is 4.42 Å². The third-order valence-electron chi connectivity index (χ3n) is 3.59. The first kappa shape index (κ1) is 11.7. The number of furan rings is 1. The highest BCUT2D eigenvalue weighted by molar-refractivity contribution is 5.03. The summed E-state index contributed by atoms with van der Waals surface area (Å²) >= 11 is 0. The molecule has 1 aliphatic rings. The van der Waals surface area contributed by atoms with Crippen molar-refractivity contribution in [2.24, 2.45) is 0 Å². The average Bonchev–Trinajstić information content (AvgIpc) is 2.73. The van der Waals surface area contributed by atoms with Crippen molar-refractivity contribution in [2.75, 3.05) is 19.6 Å². The van der Waals surface area contributed by atoms with Gasteiger partial charge in [0, 0.05) is 25.7 Å². The molecule has 1 fully saturated rings. The van der Waals surface area contributed by atoms with E-state index in [1.54, 1.807) is 6.26 Å². The second-order valence-corrected chi connectivity index (χ2v) is 4.58. The molecule has 1 aromatic rings. The third-order valence-corrected chi connectivity index (χ3v) is 3.59. The lowest BCUT2D eigenvalue weighted by molar-refractivity contribution is 0.199. The Morgan fingerprint density at radius 1 is 1.56 bits per heavy atom.